The molecule has 103 heavy (non-hydrogen) atoms. The van der Waals surface area contributed by atoms with Crippen LogP contribution < -0.4 is 31.7 Å². The number of imide groups is 1. The fourth-order valence-corrected chi connectivity index (χ4v) is 18.5. The number of nitrogens with two attached hydrogens (primary N) is 2. The van der Waals surface area contributed by atoms with Gasteiger partial charge in [-0.3, -0.25) is 43.7 Å². The van der Waals surface area contributed by atoms with Gasteiger partial charge < -0.3 is 40.7 Å². The van der Waals surface area contributed by atoms with Crippen LogP contribution in [0.15, 0.2) is 97.2 Å². The van der Waals surface area contributed by atoms with E-state index in [0.29, 0.717) is 96.9 Å². The number of fused-ring (bicyclic) bond motifs is 2. The molecule has 4 aliphatic carbocycles. The number of aromatic carboxylic acids is 1. The molecular formula is C75H92N12O14S2. The summed E-state index contributed by atoms with van der Waals surface area (Å²) in [5.41, 5.74) is 10.4. The molecule has 6 aromatic rings. The molecule has 12 rings (SSSR count). The number of Topliss-reactive ketones (excluding diaryl/α,β-unsaturated/α-hetero) is 2. The molecule has 2 unspecified atom stereocenters. The standard InChI is InChI=1S/C75H92N12O14S2/c1-47(2)55(36-52(88)14-7-6-10-29-86-63(90)25-26-64(86)91)67(93)80-58(17-12-28-78-69(76)96)60(89)35-49-19-21-50(22-20-49)39-100-71(97)84(32-34-103(77,98)99)31-33-101-75-43-72(4)40-73(5,44-75)42-74(41-72,45-75)46-87-48(3)56(37-79-87)53-23-24-62(82-65(53)68(94)95)85-30-27-51-13-11-15-54(57(51)38-85)66(92)83-70-81-59-16-8-9-18-61(59)102-70/h8-9,11,13,15-16,18-26,37,47,55,58H,6-7,10,12,14,17,27-36,38-46H2,1-5H3,(H,80,93)(H,94,95)(H3,76,78,96)(H2,77,98,99)(H,81,83,92)/t55-,58-,72?,73?,74?,75?/m0/s1. The van der Waals surface area contributed by atoms with Gasteiger partial charge in [0.2, 0.25) is 15.9 Å². The number of ether oxygens (including phenoxy) is 2. The normalized spacial score (nSPS) is 21.0. The number of nitrogens with zero attached hydrogens (tertiary/aromatic N) is 7. The number of nitrogens with one attached hydrogen (secondary N) is 3. The highest BCUT2D eigenvalue weighted by molar-refractivity contribution is 7.89. The minimum absolute atomic E-state index is 0.00458. The number of carboxylic acid groups (broad SMARTS) is 1. The first-order valence-corrected chi connectivity index (χ1v) is 37.8. The van der Waals surface area contributed by atoms with E-state index in [0.717, 1.165) is 64.0 Å². The van der Waals surface area contributed by atoms with Crippen molar-refractivity contribution < 1.29 is 66.1 Å². The smallest absolute Gasteiger partial charge is 0.410 e. The summed E-state index contributed by atoms with van der Waals surface area (Å²) in [6, 6.07) is 22.1. The molecule has 4 bridgehead atoms. The van der Waals surface area contributed by atoms with Crippen molar-refractivity contribution in [3.63, 3.8) is 0 Å². The Balaban J connectivity index is 0.698. The summed E-state index contributed by atoms with van der Waals surface area (Å²) in [5.74, 6) is -4.10. The molecular weight excluding hydrogens is 1360 g/mol. The van der Waals surface area contributed by atoms with Crippen LogP contribution in [-0.4, -0.2) is 153 Å². The average Bonchev–Trinajstić information content (AvgIpc) is 0.895. The first kappa shape index (κ1) is 74.9. The van der Waals surface area contributed by atoms with Crippen molar-refractivity contribution in [2.24, 2.45) is 39.0 Å². The number of amides is 7. The fourth-order valence-electron chi connectivity index (χ4n) is 17.2. The monoisotopic (exact) mass is 1450 g/mol. The predicted octanol–water partition coefficient (Wildman–Crippen LogP) is 9.20. The number of thiazole rings is 1. The Morgan fingerprint density at radius 1 is 0.825 bits per heavy atom. The van der Waals surface area contributed by atoms with Crippen LogP contribution in [0.4, 0.5) is 20.5 Å². The third-order valence-electron chi connectivity index (χ3n) is 20.9. The molecule has 0 radical (unpaired) electrons. The number of ketones is 2. The second kappa shape index (κ2) is 31.4. The van der Waals surface area contributed by atoms with Crippen molar-refractivity contribution >= 4 is 95.8 Å². The Hall–Kier alpha value is -9.25. The van der Waals surface area contributed by atoms with Gasteiger partial charge in [0.05, 0.1) is 40.4 Å². The number of anilines is 2. The lowest BCUT2D eigenvalue weighted by atomic mass is 9.39. The number of pyridine rings is 1. The number of carbonyl (C=O) groups excluding carboxylic acids is 8. The number of rotatable bonds is 34. The molecule has 4 saturated carbocycles. The molecule has 4 atom stereocenters. The molecule has 0 saturated heterocycles. The van der Waals surface area contributed by atoms with E-state index in [2.05, 4.69) is 34.8 Å². The van der Waals surface area contributed by atoms with E-state index in [9.17, 15) is 56.7 Å². The zero-order valence-corrected chi connectivity index (χ0v) is 60.6. The molecule has 6 aliphatic rings. The minimum Gasteiger partial charge on any atom is -0.476 e. The highest BCUT2D eigenvalue weighted by atomic mass is 32.2. The Labute approximate surface area is 603 Å². The number of aromatic nitrogens is 4. The second-order valence-electron chi connectivity index (χ2n) is 29.9. The van der Waals surface area contributed by atoms with Crippen molar-refractivity contribution in [3.8, 4) is 11.1 Å². The van der Waals surface area contributed by atoms with Crippen molar-refractivity contribution in [3.05, 3.63) is 136 Å². The van der Waals surface area contributed by atoms with Gasteiger partial charge in [0.25, 0.3) is 17.7 Å². The molecule has 28 heteroatoms. The summed E-state index contributed by atoms with van der Waals surface area (Å²) >= 11 is 1.40. The second-order valence-corrected chi connectivity index (χ2v) is 32.6. The van der Waals surface area contributed by atoms with Crippen molar-refractivity contribution in [2.75, 3.05) is 55.3 Å². The van der Waals surface area contributed by atoms with Crippen LogP contribution >= 0.6 is 11.3 Å². The quantitative estimate of drug-likeness (QED) is 0.0162. The average molecular weight is 1450 g/mol. The number of primary amides is 1. The first-order valence-electron chi connectivity index (χ1n) is 35.3. The van der Waals surface area contributed by atoms with E-state index in [1.54, 1.807) is 42.6 Å². The molecule has 3 aromatic heterocycles. The van der Waals surface area contributed by atoms with Gasteiger partial charge >= 0.3 is 18.1 Å². The molecule has 0 spiro atoms. The van der Waals surface area contributed by atoms with Crippen molar-refractivity contribution in [1.82, 2.24) is 40.2 Å². The number of carbonyl (C=O) groups is 9. The molecule has 2 aliphatic heterocycles. The first-order chi connectivity index (χ1) is 49.0. The minimum atomic E-state index is -4.00. The lowest BCUT2D eigenvalue weighted by Crippen LogP contribution is -2.64. The maximum absolute atomic E-state index is 14.0. The van der Waals surface area contributed by atoms with Crippen molar-refractivity contribution in [2.45, 2.75) is 162 Å². The van der Waals surface area contributed by atoms with E-state index < -0.39 is 57.3 Å². The van der Waals surface area contributed by atoms with Crippen LogP contribution in [0.1, 0.15) is 160 Å². The topological polar surface area (TPSA) is 368 Å². The Bertz CT molecular complexity index is 4330. The molecule has 3 aromatic carbocycles. The van der Waals surface area contributed by atoms with Crippen molar-refractivity contribution in [1.29, 1.82) is 0 Å². The zero-order chi connectivity index (χ0) is 73.6. The maximum atomic E-state index is 14.0. The van der Waals surface area contributed by atoms with Crippen LogP contribution in [0.3, 0.4) is 0 Å². The highest BCUT2D eigenvalue weighted by Gasteiger charge is 2.66. The summed E-state index contributed by atoms with van der Waals surface area (Å²) in [6.07, 6.45) is 11.3. The number of hydrogen-bond acceptors (Lipinski definition) is 18. The van der Waals surface area contributed by atoms with Gasteiger partial charge in [-0.2, -0.15) is 5.10 Å². The fraction of sp³-hybridized carbons (Fsp3) is 0.493. The number of urea groups is 1. The summed E-state index contributed by atoms with van der Waals surface area (Å²) < 4.78 is 40.5. The van der Waals surface area contributed by atoms with Gasteiger partial charge in [0.15, 0.2) is 16.6 Å². The summed E-state index contributed by atoms with van der Waals surface area (Å²) in [7, 11) is -4.00. The molecule has 4 fully saturated rings. The van der Waals surface area contributed by atoms with E-state index in [4.69, 9.17) is 30.4 Å². The van der Waals surface area contributed by atoms with Crippen LogP contribution in [0.25, 0.3) is 21.3 Å². The highest BCUT2D eigenvalue weighted by Crippen LogP contribution is 2.72. The van der Waals surface area contributed by atoms with Gasteiger partial charge in [-0.1, -0.05) is 94.0 Å². The molecule has 548 valence electrons. The number of hydrogen-bond donors (Lipinski definition) is 6. The number of primary sulfonamides is 1. The van der Waals surface area contributed by atoms with Crippen LogP contribution in [0.5, 0.6) is 0 Å². The summed E-state index contributed by atoms with van der Waals surface area (Å²) in [6.45, 7) is 11.7. The molecule has 7 amide bonds. The Morgan fingerprint density at radius 3 is 2.25 bits per heavy atom. The molecule has 8 N–H and O–H groups in total. The third kappa shape index (κ3) is 18.4. The van der Waals surface area contributed by atoms with E-state index in [1.165, 1.54) is 28.4 Å². The largest absolute Gasteiger partial charge is 0.476 e. The summed E-state index contributed by atoms with van der Waals surface area (Å²) in [4.78, 5) is 131. The SMILES string of the molecule is Cc1c(-c2ccc(N3CCc4cccc(C(=O)Nc5nc6ccccc6s5)c4C3)nc2C(=O)O)cnn1CC12CC3(C)CC(C)(C1)CC(OCCN(CCS(N)(=O)=O)C(=O)OCc1ccc(CC(=O)[C@H](CCCNC(N)=O)NC(=O)[C@@H](CC(=O)CCCCCN4C(=O)C=CC4=O)C(C)C)cc1)(C3)C2. The number of unbranched alkanes of at least 4 members (excludes halogenated alkanes) is 2. The van der Waals surface area contributed by atoms with Crippen LogP contribution in [-0.2, 0) is 76.0 Å². The molecule has 26 nitrogen and oxygen atoms in total. The third-order valence-corrected chi connectivity index (χ3v) is 22.6. The summed E-state index contributed by atoms with van der Waals surface area (Å²) in [5, 5.41) is 30.1. The van der Waals surface area contributed by atoms with E-state index in [-0.39, 0.29) is 122 Å². The van der Waals surface area contributed by atoms with Gasteiger partial charge in [-0.15, -0.1) is 0 Å². The van der Waals surface area contributed by atoms with Gasteiger partial charge in [0.1, 0.15) is 18.2 Å². The number of benzene rings is 3. The lowest BCUT2D eigenvalue weighted by molar-refractivity contribution is -0.248. The maximum Gasteiger partial charge on any atom is 0.410 e. The predicted molar refractivity (Wildman–Crippen MR) is 387 cm³/mol. The number of carboxylic acids is 1. The Morgan fingerprint density at radius 2 is 1.55 bits per heavy atom. The van der Waals surface area contributed by atoms with Crippen LogP contribution in [0, 0.1) is 35.0 Å². The van der Waals surface area contributed by atoms with Gasteiger partial charge in [-0.25, -0.2) is 37.9 Å². The van der Waals surface area contributed by atoms with Gasteiger partial charge in [-0.05, 0) is 152 Å². The Kier molecular flexibility index (Phi) is 22.8. The number of sulfonamides is 1. The van der Waals surface area contributed by atoms with E-state index in [1.807, 2.05) is 72.8 Å². The zero-order valence-electron chi connectivity index (χ0n) is 59.0. The van der Waals surface area contributed by atoms with Crippen LogP contribution in [0.2, 0.25) is 0 Å². The van der Waals surface area contributed by atoms with Gasteiger partial charge in [0, 0.05) is 106 Å². The number of para-hydroxylation sites is 1. The lowest BCUT2D eigenvalue weighted by Gasteiger charge is -2.69. The molecule has 5 heterocycles. The van der Waals surface area contributed by atoms with E-state index >= 15 is 0 Å².